The van der Waals surface area contributed by atoms with Crippen LogP contribution in [0.25, 0.3) is 11.3 Å². The zero-order valence-electron chi connectivity index (χ0n) is 18.6. The third-order valence-corrected chi connectivity index (χ3v) is 5.67. The monoisotopic (exact) mass is 474 g/mol. The molecule has 9 heteroatoms. The van der Waals surface area contributed by atoms with Crippen LogP contribution in [0.2, 0.25) is 0 Å². The van der Waals surface area contributed by atoms with Gasteiger partial charge in [-0.3, -0.25) is 14.8 Å². The smallest absolute Gasteiger partial charge is 0.270 e. The van der Waals surface area contributed by atoms with Crippen LogP contribution in [0.15, 0.2) is 83.8 Å². The van der Waals surface area contributed by atoms with E-state index in [1.54, 1.807) is 25.3 Å². The summed E-state index contributed by atoms with van der Waals surface area (Å²) in [6.07, 6.45) is 0. The van der Waals surface area contributed by atoms with E-state index in [4.69, 9.17) is 9.47 Å². The van der Waals surface area contributed by atoms with Gasteiger partial charge >= 0.3 is 0 Å². The first kappa shape index (κ1) is 23.2. The van der Waals surface area contributed by atoms with Crippen LogP contribution in [-0.4, -0.2) is 22.0 Å². The van der Waals surface area contributed by atoms with Gasteiger partial charge in [-0.2, -0.15) is 4.98 Å². The Morgan fingerprint density at radius 3 is 2.59 bits per heavy atom. The van der Waals surface area contributed by atoms with E-state index in [1.165, 1.54) is 24.1 Å². The molecule has 0 unspecified atom stereocenters. The van der Waals surface area contributed by atoms with Gasteiger partial charge in [0.15, 0.2) is 0 Å². The Hall–Kier alpha value is -3.95. The molecule has 0 saturated carbocycles. The van der Waals surface area contributed by atoms with Gasteiger partial charge in [0.25, 0.3) is 5.69 Å². The Balaban J connectivity index is 1.69. The van der Waals surface area contributed by atoms with E-state index >= 15 is 0 Å². The number of non-ortho nitro benzene ring substituents is 1. The third kappa shape index (κ3) is 5.69. The summed E-state index contributed by atoms with van der Waals surface area (Å²) in [6, 6.07) is 23.6. The molecule has 0 atom stereocenters. The van der Waals surface area contributed by atoms with E-state index in [0.29, 0.717) is 34.8 Å². The van der Waals surface area contributed by atoms with Crippen LogP contribution in [0, 0.1) is 17.0 Å². The average molecular weight is 475 g/mol. The summed E-state index contributed by atoms with van der Waals surface area (Å²) in [7, 11) is 1.64. The first-order chi connectivity index (χ1) is 16.5. The summed E-state index contributed by atoms with van der Waals surface area (Å²) in [5, 5.41) is 11.1. The minimum Gasteiger partial charge on any atom is -0.439 e. The number of ether oxygens (including phenoxy) is 2. The van der Waals surface area contributed by atoms with Gasteiger partial charge in [-0.05, 0) is 42.1 Å². The number of hydrogen-bond donors (Lipinski definition) is 1. The second-order valence-corrected chi connectivity index (χ2v) is 8.21. The SMILES string of the molecule is COCc1ccccc1-c1cc(Oc2ccccc2C)nc(NSc2cccc([N+](=O)[O-])c2)n1. The van der Waals surface area contributed by atoms with Gasteiger partial charge in [0.1, 0.15) is 5.75 Å². The number of nitrogens with zero attached hydrogens (tertiary/aromatic N) is 3. The van der Waals surface area contributed by atoms with Crippen LogP contribution in [0.4, 0.5) is 11.6 Å². The fourth-order valence-electron chi connectivity index (χ4n) is 3.26. The molecule has 8 nitrogen and oxygen atoms in total. The molecule has 0 aliphatic rings. The zero-order chi connectivity index (χ0) is 23.9. The lowest BCUT2D eigenvalue weighted by Gasteiger charge is -2.13. The molecular formula is C25H22N4O4S. The van der Waals surface area contributed by atoms with Crippen molar-refractivity contribution in [2.45, 2.75) is 18.4 Å². The Morgan fingerprint density at radius 2 is 1.79 bits per heavy atom. The van der Waals surface area contributed by atoms with Crippen molar-refractivity contribution in [3.05, 3.63) is 100 Å². The number of nitro groups is 1. The lowest BCUT2D eigenvalue weighted by Crippen LogP contribution is -2.01. The fourth-order valence-corrected chi connectivity index (χ4v) is 3.89. The normalized spacial score (nSPS) is 10.6. The quantitative estimate of drug-likeness (QED) is 0.169. The van der Waals surface area contributed by atoms with Crippen LogP contribution in [0.5, 0.6) is 11.6 Å². The summed E-state index contributed by atoms with van der Waals surface area (Å²) < 4.78 is 14.5. The number of hydrogen-bond acceptors (Lipinski definition) is 8. The van der Waals surface area contributed by atoms with Gasteiger partial charge in [-0.25, -0.2) is 4.98 Å². The maximum Gasteiger partial charge on any atom is 0.270 e. The lowest BCUT2D eigenvalue weighted by molar-refractivity contribution is -0.385. The molecule has 3 aromatic carbocycles. The number of aromatic nitrogens is 2. The molecule has 1 aromatic heterocycles. The standard InChI is InChI=1S/C25H22N4O4S/c1-17-8-3-6-13-23(17)33-24-15-22(21-12-5-4-9-18(21)16-32-2)26-25(27-24)28-34-20-11-7-10-19(14-20)29(30)31/h3-15H,16H2,1-2H3,(H,26,27,28). The molecule has 0 fully saturated rings. The molecule has 4 rings (SSSR count). The molecule has 0 aliphatic heterocycles. The predicted molar refractivity (Wildman–Crippen MR) is 132 cm³/mol. The molecule has 0 saturated heterocycles. The van der Waals surface area contributed by atoms with Crippen molar-refractivity contribution in [3.63, 3.8) is 0 Å². The van der Waals surface area contributed by atoms with Crippen molar-refractivity contribution in [1.29, 1.82) is 0 Å². The van der Waals surface area contributed by atoms with Gasteiger partial charge in [0.05, 0.1) is 17.2 Å². The molecule has 34 heavy (non-hydrogen) atoms. The molecule has 0 radical (unpaired) electrons. The highest BCUT2D eigenvalue weighted by Gasteiger charge is 2.13. The minimum absolute atomic E-state index is 0.0125. The van der Waals surface area contributed by atoms with E-state index in [0.717, 1.165) is 16.7 Å². The number of nitro benzene ring substituents is 1. The number of aryl methyl sites for hydroxylation is 1. The topological polar surface area (TPSA) is 99.4 Å². The van der Waals surface area contributed by atoms with Crippen molar-refractivity contribution in [1.82, 2.24) is 9.97 Å². The Kier molecular flexibility index (Phi) is 7.36. The summed E-state index contributed by atoms with van der Waals surface area (Å²) in [5.74, 6) is 1.37. The number of methoxy groups -OCH3 is 1. The van der Waals surface area contributed by atoms with Crippen LogP contribution < -0.4 is 9.46 Å². The van der Waals surface area contributed by atoms with Gasteiger partial charge in [-0.15, -0.1) is 0 Å². The van der Waals surface area contributed by atoms with Crippen LogP contribution in [0.1, 0.15) is 11.1 Å². The summed E-state index contributed by atoms with van der Waals surface area (Å²) in [4.78, 5) is 20.5. The van der Waals surface area contributed by atoms with E-state index in [2.05, 4.69) is 14.7 Å². The molecule has 0 spiro atoms. The first-order valence-electron chi connectivity index (χ1n) is 10.4. The van der Waals surface area contributed by atoms with Crippen LogP contribution >= 0.6 is 11.9 Å². The minimum atomic E-state index is -0.429. The maximum absolute atomic E-state index is 11.1. The Bertz CT molecular complexity index is 1320. The Labute approximate surface area is 201 Å². The second kappa shape index (κ2) is 10.8. The highest BCUT2D eigenvalue weighted by Crippen LogP contribution is 2.31. The highest BCUT2D eigenvalue weighted by atomic mass is 32.2. The van der Waals surface area contributed by atoms with E-state index in [-0.39, 0.29) is 5.69 Å². The van der Waals surface area contributed by atoms with Gasteiger partial charge in [-0.1, -0.05) is 48.5 Å². The van der Waals surface area contributed by atoms with E-state index in [9.17, 15) is 10.1 Å². The molecule has 172 valence electrons. The molecule has 0 aliphatic carbocycles. The summed E-state index contributed by atoms with van der Waals surface area (Å²) >= 11 is 1.18. The Morgan fingerprint density at radius 1 is 1.00 bits per heavy atom. The van der Waals surface area contributed by atoms with E-state index < -0.39 is 4.92 Å². The van der Waals surface area contributed by atoms with E-state index in [1.807, 2.05) is 55.5 Å². The average Bonchev–Trinajstić information content (AvgIpc) is 2.85. The highest BCUT2D eigenvalue weighted by molar-refractivity contribution is 8.00. The predicted octanol–water partition coefficient (Wildman–Crippen LogP) is 6.42. The van der Waals surface area contributed by atoms with Crippen molar-refractivity contribution in [2.75, 3.05) is 11.8 Å². The zero-order valence-corrected chi connectivity index (χ0v) is 19.4. The van der Waals surface area contributed by atoms with Gasteiger partial charge < -0.3 is 9.47 Å². The summed E-state index contributed by atoms with van der Waals surface area (Å²) in [6.45, 7) is 2.39. The van der Waals surface area contributed by atoms with Gasteiger partial charge in [0.2, 0.25) is 11.8 Å². The molecular weight excluding hydrogens is 452 g/mol. The van der Waals surface area contributed by atoms with Gasteiger partial charge in [0, 0.05) is 35.8 Å². The van der Waals surface area contributed by atoms with Crippen LogP contribution in [-0.2, 0) is 11.3 Å². The number of anilines is 1. The lowest BCUT2D eigenvalue weighted by atomic mass is 10.0. The maximum atomic E-state index is 11.1. The van der Waals surface area contributed by atoms with Crippen molar-refractivity contribution < 1.29 is 14.4 Å². The number of rotatable bonds is 9. The first-order valence-corrected chi connectivity index (χ1v) is 11.2. The molecule has 0 bridgehead atoms. The molecule has 4 aromatic rings. The summed E-state index contributed by atoms with van der Waals surface area (Å²) in [5.41, 5.74) is 3.52. The van der Waals surface area contributed by atoms with Crippen LogP contribution in [0.3, 0.4) is 0 Å². The largest absolute Gasteiger partial charge is 0.439 e. The second-order valence-electron chi connectivity index (χ2n) is 7.33. The number of nitrogens with one attached hydrogen (secondary N) is 1. The molecule has 1 heterocycles. The molecule has 0 amide bonds. The number of benzene rings is 3. The van der Waals surface area contributed by atoms with Crippen molar-refractivity contribution in [3.8, 4) is 22.9 Å². The third-order valence-electron chi connectivity index (χ3n) is 4.89. The number of para-hydroxylation sites is 1. The molecule has 1 N–H and O–H groups in total. The van der Waals surface area contributed by atoms with Crippen molar-refractivity contribution in [2.24, 2.45) is 0 Å². The van der Waals surface area contributed by atoms with Crippen molar-refractivity contribution >= 4 is 23.6 Å². The fraction of sp³-hybridized carbons (Fsp3) is 0.120.